The van der Waals surface area contributed by atoms with Crippen molar-refractivity contribution in [2.75, 3.05) is 0 Å². The molecule has 3 aromatic carbocycles. The molecule has 1 N–H and O–H groups in total. The molecular formula is C22H20O4. The van der Waals surface area contributed by atoms with Crippen molar-refractivity contribution in [2.45, 2.75) is 19.4 Å². The summed E-state index contributed by atoms with van der Waals surface area (Å²) in [5.74, 6) is 1.02. The average Bonchev–Trinajstić information content (AvgIpc) is 2.63. The average molecular weight is 348 g/mol. The van der Waals surface area contributed by atoms with Crippen LogP contribution >= 0.6 is 0 Å². The lowest BCUT2D eigenvalue weighted by molar-refractivity contribution is -0.145. The Labute approximate surface area is 152 Å². The van der Waals surface area contributed by atoms with Crippen molar-refractivity contribution in [3.63, 3.8) is 0 Å². The molecule has 132 valence electrons. The Kier molecular flexibility index (Phi) is 5.54. The first-order valence-electron chi connectivity index (χ1n) is 8.38. The Bertz CT molecular complexity index is 857. The number of benzene rings is 3. The van der Waals surface area contributed by atoms with Gasteiger partial charge in [0.1, 0.15) is 17.2 Å². The lowest BCUT2D eigenvalue weighted by Crippen LogP contribution is -2.29. The minimum Gasteiger partial charge on any atom is -0.478 e. The maximum absolute atomic E-state index is 11.6. The summed E-state index contributed by atoms with van der Waals surface area (Å²) in [5.41, 5.74) is 1.89. The van der Waals surface area contributed by atoms with E-state index in [1.165, 1.54) is 0 Å². The highest BCUT2D eigenvalue weighted by atomic mass is 16.5. The minimum atomic E-state index is -0.990. The fraction of sp³-hybridized carbons (Fsp3) is 0.136. The van der Waals surface area contributed by atoms with Crippen LogP contribution in [0.3, 0.4) is 0 Å². The molecule has 4 heteroatoms. The lowest BCUT2D eigenvalue weighted by Gasteiger charge is -2.16. The normalized spacial score (nSPS) is 11.6. The number of para-hydroxylation sites is 1. The molecule has 0 fully saturated rings. The summed E-state index contributed by atoms with van der Waals surface area (Å²) in [7, 11) is 0. The summed E-state index contributed by atoms with van der Waals surface area (Å²) < 4.78 is 11.4. The van der Waals surface area contributed by atoms with Crippen LogP contribution in [-0.2, 0) is 11.2 Å². The van der Waals surface area contributed by atoms with E-state index in [0.717, 1.165) is 16.9 Å². The second kappa shape index (κ2) is 8.21. The Morgan fingerprint density at radius 2 is 1.54 bits per heavy atom. The minimum absolute atomic E-state index is 0.273. The molecule has 0 aliphatic heterocycles. The number of aliphatic carboxylic acids is 1. The molecule has 3 rings (SSSR count). The van der Waals surface area contributed by atoms with E-state index in [2.05, 4.69) is 0 Å². The summed E-state index contributed by atoms with van der Waals surface area (Å²) in [6.45, 7) is 1.94. The molecule has 0 heterocycles. The van der Waals surface area contributed by atoms with Gasteiger partial charge in [0.25, 0.3) is 0 Å². The van der Waals surface area contributed by atoms with Crippen LogP contribution in [0.4, 0.5) is 0 Å². The third-order valence-electron chi connectivity index (χ3n) is 3.87. The van der Waals surface area contributed by atoms with E-state index in [-0.39, 0.29) is 6.42 Å². The van der Waals surface area contributed by atoms with Gasteiger partial charge in [-0.1, -0.05) is 42.5 Å². The van der Waals surface area contributed by atoms with Gasteiger partial charge in [-0.05, 0) is 54.4 Å². The molecule has 0 amide bonds. The molecule has 0 bridgehead atoms. The third-order valence-corrected chi connectivity index (χ3v) is 3.87. The standard InChI is InChI=1S/C22H20O4/c1-16-6-5-9-20(14-16)26-21(22(23)24)15-17-10-12-19(13-11-17)25-18-7-3-2-4-8-18/h2-14,21H,15H2,1H3,(H,23,24)/t21-/m0/s1. The zero-order valence-corrected chi connectivity index (χ0v) is 14.5. The lowest BCUT2D eigenvalue weighted by atomic mass is 10.1. The van der Waals surface area contributed by atoms with E-state index in [1.807, 2.05) is 79.7 Å². The molecule has 0 radical (unpaired) electrons. The van der Waals surface area contributed by atoms with Gasteiger partial charge in [-0.15, -0.1) is 0 Å². The predicted molar refractivity (Wildman–Crippen MR) is 99.9 cm³/mol. The number of carboxylic acid groups (broad SMARTS) is 1. The maximum Gasteiger partial charge on any atom is 0.345 e. The molecule has 4 nitrogen and oxygen atoms in total. The molecule has 0 spiro atoms. The van der Waals surface area contributed by atoms with Crippen molar-refractivity contribution in [3.05, 3.63) is 90.0 Å². The summed E-state index contributed by atoms with van der Waals surface area (Å²) in [5, 5.41) is 9.46. The van der Waals surface area contributed by atoms with Gasteiger partial charge < -0.3 is 14.6 Å². The van der Waals surface area contributed by atoms with E-state index in [1.54, 1.807) is 6.07 Å². The number of carboxylic acids is 1. The van der Waals surface area contributed by atoms with E-state index >= 15 is 0 Å². The molecular weight excluding hydrogens is 328 g/mol. The molecule has 0 aliphatic rings. The quantitative estimate of drug-likeness (QED) is 0.662. The van der Waals surface area contributed by atoms with Crippen molar-refractivity contribution in [1.82, 2.24) is 0 Å². The number of carbonyl (C=O) groups is 1. The highest BCUT2D eigenvalue weighted by Crippen LogP contribution is 2.22. The van der Waals surface area contributed by atoms with Crippen molar-refractivity contribution in [2.24, 2.45) is 0 Å². The number of hydrogen-bond donors (Lipinski definition) is 1. The zero-order chi connectivity index (χ0) is 18.4. The van der Waals surface area contributed by atoms with Gasteiger partial charge in [0.15, 0.2) is 6.10 Å². The number of rotatable bonds is 7. The Balaban J connectivity index is 1.66. The van der Waals surface area contributed by atoms with Crippen LogP contribution in [0.25, 0.3) is 0 Å². The first-order valence-corrected chi connectivity index (χ1v) is 8.38. The molecule has 1 atom stereocenters. The zero-order valence-electron chi connectivity index (χ0n) is 14.5. The van der Waals surface area contributed by atoms with Gasteiger partial charge in [0.05, 0.1) is 0 Å². The molecule has 0 saturated carbocycles. The largest absolute Gasteiger partial charge is 0.478 e. The van der Waals surface area contributed by atoms with E-state index in [9.17, 15) is 9.90 Å². The molecule has 0 aromatic heterocycles. The summed E-state index contributed by atoms with van der Waals surface area (Å²) in [4.78, 5) is 11.6. The fourth-order valence-corrected chi connectivity index (χ4v) is 2.56. The Hall–Kier alpha value is -3.27. The molecule has 0 saturated heterocycles. The van der Waals surface area contributed by atoms with Crippen LogP contribution in [0.15, 0.2) is 78.9 Å². The summed E-state index contributed by atoms with van der Waals surface area (Å²) in [6.07, 6.45) is -0.674. The van der Waals surface area contributed by atoms with Crippen LogP contribution in [0.5, 0.6) is 17.2 Å². The van der Waals surface area contributed by atoms with Crippen molar-refractivity contribution in [3.8, 4) is 17.2 Å². The number of aryl methyl sites for hydroxylation is 1. The van der Waals surface area contributed by atoms with Crippen LogP contribution in [-0.4, -0.2) is 17.2 Å². The second-order valence-electron chi connectivity index (χ2n) is 6.02. The van der Waals surface area contributed by atoms with Crippen LogP contribution in [0.2, 0.25) is 0 Å². The van der Waals surface area contributed by atoms with E-state index in [4.69, 9.17) is 9.47 Å². The monoisotopic (exact) mass is 348 g/mol. The van der Waals surface area contributed by atoms with Crippen LogP contribution in [0, 0.1) is 6.92 Å². The summed E-state index contributed by atoms with van der Waals surface area (Å²) in [6, 6.07) is 24.2. The molecule has 26 heavy (non-hydrogen) atoms. The van der Waals surface area contributed by atoms with Crippen LogP contribution < -0.4 is 9.47 Å². The molecule has 3 aromatic rings. The van der Waals surface area contributed by atoms with Crippen LogP contribution in [0.1, 0.15) is 11.1 Å². The maximum atomic E-state index is 11.6. The highest BCUT2D eigenvalue weighted by molar-refractivity contribution is 5.73. The number of hydrogen-bond acceptors (Lipinski definition) is 3. The van der Waals surface area contributed by atoms with Gasteiger partial charge in [-0.2, -0.15) is 0 Å². The Morgan fingerprint density at radius 3 is 2.19 bits per heavy atom. The van der Waals surface area contributed by atoms with Gasteiger partial charge in [0.2, 0.25) is 0 Å². The van der Waals surface area contributed by atoms with E-state index < -0.39 is 12.1 Å². The van der Waals surface area contributed by atoms with E-state index in [0.29, 0.717) is 11.5 Å². The third kappa shape index (κ3) is 4.86. The van der Waals surface area contributed by atoms with Gasteiger partial charge >= 0.3 is 5.97 Å². The first kappa shape index (κ1) is 17.5. The van der Waals surface area contributed by atoms with Gasteiger partial charge in [0, 0.05) is 6.42 Å². The Morgan fingerprint density at radius 1 is 0.885 bits per heavy atom. The fourth-order valence-electron chi connectivity index (χ4n) is 2.56. The topological polar surface area (TPSA) is 55.8 Å². The first-order chi connectivity index (χ1) is 12.6. The van der Waals surface area contributed by atoms with Crippen molar-refractivity contribution < 1.29 is 19.4 Å². The van der Waals surface area contributed by atoms with Gasteiger partial charge in [-0.25, -0.2) is 4.79 Å². The molecule has 0 unspecified atom stereocenters. The second-order valence-corrected chi connectivity index (χ2v) is 6.02. The molecule has 0 aliphatic carbocycles. The predicted octanol–water partition coefficient (Wildman–Crippen LogP) is 4.86. The van der Waals surface area contributed by atoms with Gasteiger partial charge in [-0.3, -0.25) is 0 Å². The van der Waals surface area contributed by atoms with Crippen molar-refractivity contribution >= 4 is 5.97 Å². The summed E-state index contributed by atoms with van der Waals surface area (Å²) >= 11 is 0. The highest BCUT2D eigenvalue weighted by Gasteiger charge is 2.20. The van der Waals surface area contributed by atoms with Crippen molar-refractivity contribution in [1.29, 1.82) is 0 Å². The smallest absolute Gasteiger partial charge is 0.345 e. The number of ether oxygens (including phenoxy) is 2. The SMILES string of the molecule is Cc1cccc(O[C@@H](Cc2ccc(Oc3ccccc3)cc2)C(=O)O)c1.